The average Bonchev–Trinajstić information content (AvgIpc) is 2.93. The fourth-order valence-corrected chi connectivity index (χ4v) is 5.49. The highest BCUT2D eigenvalue weighted by molar-refractivity contribution is 7.92. The lowest BCUT2D eigenvalue weighted by molar-refractivity contribution is 0.0526. The van der Waals surface area contributed by atoms with Crippen LogP contribution in [0.25, 0.3) is 10.8 Å². The Morgan fingerprint density at radius 3 is 2.34 bits per heavy atom. The number of carbonyl (C=O) groups excluding carboxylic acids is 1. The van der Waals surface area contributed by atoms with Crippen molar-refractivity contribution in [1.82, 2.24) is 4.98 Å². The molecule has 0 aliphatic rings. The van der Waals surface area contributed by atoms with Gasteiger partial charge >= 0.3 is 5.97 Å². The van der Waals surface area contributed by atoms with Crippen LogP contribution in [0, 0.1) is 6.92 Å². The third kappa shape index (κ3) is 5.95. The van der Waals surface area contributed by atoms with Gasteiger partial charge in [0.25, 0.3) is 10.0 Å². The van der Waals surface area contributed by atoms with Crippen molar-refractivity contribution in [3.8, 4) is 5.75 Å². The molecule has 1 aromatic heterocycles. The number of nitrogens with zero attached hydrogens (tertiary/aromatic N) is 2. The molecule has 1 heterocycles. The van der Waals surface area contributed by atoms with Crippen molar-refractivity contribution in [2.24, 2.45) is 0 Å². The molecule has 0 aliphatic heterocycles. The van der Waals surface area contributed by atoms with E-state index in [1.807, 2.05) is 43.3 Å². The molecule has 0 spiro atoms. The first kappa shape index (κ1) is 27.1. The van der Waals surface area contributed by atoms with Gasteiger partial charge in [-0.05, 0) is 61.2 Å². The predicted octanol–water partition coefficient (Wildman–Crippen LogP) is 5.14. The number of benzene rings is 3. The second-order valence-corrected chi connectivity index (χ2v) is 10.4. The zero-order chi connectivity index (χ0) is 27.1. The first-order valence-electron chi connectivity index (χ1n) is 12.2. The van der Waals surface area contributed by atoms with Crippen molar-refractivity contribution < 1.29 is 27.4 Å². The van der Waals surface area contributed by atoms with Crippen molar-refractivity contribution in [1.29, 1.82) is 0 Å². The molecule has 0 saturated heterocycles. The Labute approximate surface area is 222 Å². The molecule has 0 saturated carbocycles. The van der Waals surface area contributed by atoms with Crippen LogP contribution in [-0.2, 0) is 26.0 Å². The van der Waals surface area contributed by atoms with Crippen LogP contribution < -0.4 is 9.04 Å². The van der Waals surface area contributed by atoms with Crippen molar-refractivity contribution in [3.63, 3.8) is 0 Å². The van der Waals surface area contributed by atoms with Crippen LogP contribution in [-0.4, -0.2) is 46.3 Å². The van der Waals surface area contributed by atoms with Crippen LogP contribution in [0.2, 0.25) is 0 Å². The standard InChI is InChI=1S/C29H30N2O6S/c1-4-36-29(32)23-11-15-26(16-12-23)38(33,34)31(20-22-9-13-25(14-10-22)37-18-17-35-3)28-21(2)27-8-6-5-7-24(27)19-30-28/h5-16,19H,4,17-18,20H2,1-3H3. The van der Waals surface area contributed by atoms with Gasteiger partial charge in [0.2, 0.25) is 0 Å². The van der Waals surface area contributed by atoms with Crippen LogP contribution in [0.15, 0.2) is 83.9 Å². The highest BCUT2D eigenvalue weighted by atomic mass is 32.2. The first-order valence-corrected chi connectivity index (χ1v) is 13.6. The molecule has 3 aromatic carbocycles. The van der Waals surface area contributed by atoms with Gasteiger partial charge in [0.1, 0.15) is 18.2 Å². The molecule has 198 valence electrons. The van der Waals surface area contributed by atoms with Gasteiger partial charge in [-0.2, -0.15) is 0 Å². The summed E-state index contributed by atoms with van der Waals surface area (Å²) in [6, 6.07) is 20.7. The second kappa shape index (κ2) is 12.1. The van der Waals surface area contributed by atoms with E-state index in [4.69, 9.17) is 14.2 Å². The van der Waals surface area contributed by atoms with E-state index in [9.17, 15) is 13.2 Å². The highest BCUT2D eigenvalue weighted by Gasteiger charge is 2.28. The molecule has 0 radical (unpaired) electrons. The minimum absolute atomic E-state index is 0.0411. The topological polar surface area (TPSA) is 95.0 Å². The number of pyridine rings is 1. The summed E-state index contributed by atoms with van der Waals surface area (Å²) in [7, 11) is -2.45. The number of hydrogen-bond acceptors (Lipinski definition) is 7. The summed E-state index contributed by atoms with van der Waals surface area (Å²) in [6.07, 6.45) is 1.68. The molecule has 8 nitrogen and oxygen atoms in total. The van der Waals surface area contributed by atoms with Gasteiger partial charge in [0.15, 0.2) is 0 Å². The summed E-state index contributed by atoms with van der Waals surface area (Å²) in [5.74, 6) is 0.488. The van der Waals surface area contributed by atoms with E-state index in [1.165, 1.54) is 28.6 Å². The van der Waals surface area contributed by atoms with Crippen molar-refractivity contribution in [3.05, 3.63) is 95.7 Å². The number of aromatic nitrogens is 1. The molecule has 0 amide bonds. The number of hydrogen-bond donors (Lipinski definition) is 0. The van der Waals surface area contributed by atoms with Gasteiger partial charge in [0.05, 0.1) is 30.2 Å². The number of fused-ring (bicyclic) bond motifs is 1. The van der Waals surface area contributed by atoms with Crippen LogP contribution in [0.1, 0.15) is 28.4 Å². The molecule has 0 atom stereocenters. The third-order valence-corrected chi connectivity index (χ3v) is 7.77. The number of esters is 1. The van der Waals surface area contributed by atoms with Crippen molar-refractivity contribution in [2.75, 3.05) is 31.2 Å². The maximum absolute atomic E-state index is 14.0. The van der Waals surface area contributed by atoms with Crippen LogP contribution in [0.4, 0.5) is 5.82 Å². The monoisotopic (exact) mass is 534 g/mol. The fourth-order valence-electron chi connectivity index (χ4n) is 4.03. The molecule has 0 N–H and O–H groups in total. The third-order valence-electron chi connectivity index (χ3n) is 6.02. The Morgan fingerprint density at radius 2 is 1.66 bits per heavy atom. The SMILES string of the molecule is CCOC(=O)c1ccc(S(=O)(=O)N(Cc2ccc(OCCOC)cc2)c2ncc3ccccc3c2C)cc1. The van der Waals surface area contributed by atoms with E-state index in [2.05, 4.69) is 4.98 Å². The summed E-state index contributed by atoms with van der Waals surface area (Å²) in [6.45, 7) is 4.74. The molecule has 0 fully saturated rings. The van der Waals surface area contributed by atoms with Crippen LogP contribution in [0.5, 0.6) is 5.75 Å². The second-order valence-electron chi connectivity index (χ2n) is 8.54. The lowest BCUT2D eigenvalue weighted by Gasteiger charge is -2.26. The van der Waals surface area contributed by atoms with E-state index in [0.717, 1.165) is 21.9 Å². The lowest BCUT2D eigenvalue weighted by Crippen LogP contribution is -2.32. The molecule has 0 aliphatic carbocycles. The van der Waals surface area contributed by atoms with Crippen molar-refractivity contribution in [2.45, 2.75) is 25.3 Å². The lowest BCUT2D eigenvalue weighted by atomic mass is 10.1. The van der Waals surface area contributed by atoms with E-state index >= 15 is 0 Å². The molecule has 0 unspecified atom stereocenters. The highest BCUT2D eigenvalue weighted by Crippen LogP contribution is 2.31. The van der Waals surface area contributed by atoms with Gasteiger partial charge in [-0.3, -0.25) is 0 Å². The van der Waals surface area contributed by atoms with Crippen molar-refractivity contribution >= 4 is 32.6 Å². The minimum Gasteiger partial charge on any atom is -0.491 e. The van der Waals surface area contributed by atoms with Crippen LogP contribution >= 0.6 is 0 Å². The zero-order valence-corrected chi connectivity index (χ0v) is 22.4. The van der Waals surface area contributed by atoms with E-state index in [1.54, 1.807) is 32.4 Å². The summed E-state index contributed by atoms with van der Waals surface area (Å²) in [5.41, 5.74) is 1.78. The quantitative estimate of drug-likeness (QED) is 0.194. The maximum atomic E-state index is 14.0. The molecule has 4 rings (SSSR count). The number of anilines is 1. The van der Waals surface area contributed by atoms with E-state index in [-0.39, 0.29) is 23.6 Å². The van der Waals surface area contributed by atoms with Gasteiger partial charge in [-0.1, -0.05) is 36.4 Å². The number of carbonyl (C=O) groups is 1. The number of methoxy groups -OCH3 is 1. The Balaban J connectivity index is 1.73. The fraction of sp³-hybridized carbons (Fsp3) is 0.241. The first-order chi connectivity index (χ1) is 18.3. The molecule has 38 heavy (non-hydrogen) atoms. The largest absolute Gasteiger partial charge is 0.491 e. The van der Waals surface area contributed by atoms with Gasteiger partial charge < -0.3 is 14.2 Å². The number of ether oxygens (including phenoxy) is 3. The normalized spacial score (nSPS) is 11.3. The van der Waals surface area contributed by atoms with Gasteiger partial charge in [0, 0.05) is 24.3 Å². The molecule has 4 aromatic rings. The van der Waals surface area contributed by atoms with Gasteiger partial charge in [-0.25, -0.2) is 22.5 Å². The summed E-state index contributed by atoms with van der Waals surface area (Å²) < 4.78 is 45.0. The van der Waals surface area contributed by atoms with E-state index < -0.39 is 16.0 Å². The Bertz CT molecular complexity index is 1500. The molecular weight excluding hydrogens is 504 g/mol. The van der Waals surface area contributed by atoms with E-state index in [0.29, 0.717) is 24.8 Å². The summed E-state index contributed by atoms with van der Waals surface area (Å²) >= 11 is 0. The summed E-state index contributed by atoms with van der Waals surface area (Å²) in [5, 5.41) is 1.83. The molecule has 9 heteroatoms. The smallest absolute Gasteiger partial charge is 0.338 e. The van der Waals surface area contributed by atoms with Crippen LogP contribution in [0.3, 0.4) is 0 Å². The predicted molar refractivity (Wildman–Crippen MR) is 146 cm³/mol. The molecule has 0 bridgehead atoms. The maximum Gasteiger partial charge on any atom is 0.338 e. The number of aryl methyl sites for hydroxylation is 1. The Kier molecular flexibility index (Phi) is 8.60. The zero-order valence-electron chi connectivity index (χ0n) is 21.6. The Morgan fingerprint density at radius 1 is 0.947 bits per heavy atom. The number of sulfonamides is 1. The number of rotatable bonds is 11. The van der Waals surface area contributed by atoms with Gasteiger partial charge in [-0.15, -0.1) is 0 Å². The minimum atomic E-state index is -4.05. The summed E-state index contributed by atoms with van der Waals surface area (Å²) in [4.78, 5) is 16.7. The average molecular weight is 535 g/mol. The Hall–Kier alpha value is -3.95. The molecular formula is C29H30N2O6S.